The van der Waals surface area contributed by atoms with Crippen LogP contribution in [-0.4, -0.2) is 41.3 Å². The van der Waals surface area contributed by atoms with Crippen LogP contribution in [0.1, 0.15) is 19.5 Å². The Balaban J connectivity index is 2.54. The Bertz CT molecular complexity index is 303. The lowest BCUT2D eigenvalue weighted by atomic mass is 10.0. The fourth-order valence-corrected chi connectivity index (χ4v) is 0.958. The predicted molar refractivity (Wildman–Crippen MR) is 63.0 cm³/mol. The molecule has 0 aromatic carbocycles. The molecule has 0 bridgehead atoms. The molecular formula is C11H20N4. The Kier molecular flexibility index (Phi) is 3.63. The minimum Gasteiger partial charge on any atom is -0.367 e. The van der Waals surface area contributed by atoms with Crippen LogP contribution < -0.4 is 5.32 Å². The van der Waals surface area contributed by atoms with Gasteiger partial charge < -0.3 is 10.2 Å². The quantitative estimate of drug-likeness (QED) is 0.815. The average molecular weight is 208 g/mol. The maximum atomic E-state index is 4.06. The molecule has 0 spiro atoms. The molecule has 0 aliphatic rings. The molecule has 0 fully saturated rings. The zero-order chi connectivity index (χ0) is 11.5. The third kappa shape index (κ3) is 3.47. The third-order valence-corrected chi connectivity index (χ3v) is 2.71. The molecule has 1 rings (SSSR count). The molecule has 84 valence electrons. The van der Waals surface area contributed by atoms with Gasteiger partial charge in [0.1, 0.15) is 5.82 Å². The standard InChI is InChI=1S/C11H20N4/c1-9-6-7-10(14-13-9)12-8-11(2,3)15(4)5/h6-7H,8H2,1-5H3,(H,12,14). The highest BCUT2D eigenvalue weighted by Gasteiger charge is 2.19. The molecule has 15 heavy (non-hydrogen) atoms. The van der Waals surface area contributed by atoms with Gasteiger partial charge in [0.25, 0.3) is 0 Å². The van der Waals surface area contributed by atoms with Crippen LogP contribution in [0.15, 0.2) is 12.1 Å². The number of aromatic nitrogens is 2. The average Bonchev–Trinajstić information content (AvgIpc) is 2.17. The number of nitrogens with one attached hydrogen (secondary N) is 1. The second kappa shape index (κ2) is 4.57. The predicted octanol–water partition coefficient (Wildman–Crippen LogP) is 1.54. The van der Waals surface area contributed by atoms with Crippen molar-refractivity contribution < 1.29 is 0 Å². The van der Waals surface area contributed by atoms with Crippen molar-refractivity contribution in [2.45, 2.75) is 26.3 Å². The van der Waals surface area contributed by atoms with E-state index in [-0.39, 0.29) is 5.54 Å². The maximum absolute atomic E-state index is 4.06. The Morgan fingerprint density at radius 2 is 1.93 bits per heavy atom. The Labute approximate surface area is 91.7 Å². The van der Waals surface area contributed by atoms with Gasteiger partial charge >= 0.3 is 0 Å². The van der Waals surface area contributed by atoms with Crippen LogP contribution in [0.5, 0.6) is 0 Å². The van der Waals surface area contributed by atoms with Crippen LogP contribution in [0.4, 0.5) is 5.82 Å². The molecule has 0 amide bonds. The molecule has 0 aliphatic heterocycles. The Hall–Kier alpha value is -1.16. The zero-order valence-corrected chi connectivity index (χ0v) is 10.2. The first kappa shape index (κ1) is 11.9. The van der Waals surface area contributed by atoms with Crippen LogP contribution in [0, 0.1) is 6.92 Å². The number of hydrogen-bond acceptors (Lipinski definition) is 4. The molecule has 4 heteroatoms. The van der Waals surface area contributed by atoms with Gasteiger partial charge in [0.2, 0.25) is 0 Å². The van der Waals surface area contributed by atoms with Gasteiger partial charge in [-0.3, -0.25) is 0 Å². The number of anilines is 1. The maximum Gasteiger partial charge on any atom is 0.148 e. The minimum absolute atomic E-state index is 0.104. The van der Waals surface area contributed by atoms with Crippen LogP contribution in [0.2, 0.25) is 0 Å². The van der Waals surface area contributed by atoms with E-state index in [1.165, 1.54) is 0 Å². The summed E-state index contributed by atoms with van der Waals surface area (Å²) in [5, 5.41) is 11.3. The fourth-order valence-electron chi connectivity index (χ4n) is 0.958. The molecule has 0 saturated carbocycles. The van der Waals surface area contributed by atoms with Crippen molar-refractivity contribution in [3.05, 3.63) is 17.8 Å². The molecule has 0 aliphatic carbocycles. The third-order valence-electron chi connectivity index (χ3n) is 2.71. The summed E-state index contributed by atoms with van der Waals surface area (Å²) in [6.45, 7) is 7.14. The van der Waals surface area contributed by atoms with E-state index >= 15 is 0 Å². The largest absolute Gasteiger partial charge is 0.367 e. The van der Waals surface area contributed by atoms with E-state index in [2.05, 4.69) is 48.4 Å². The van der Waals surface area contributed by atoms with Gasteiger partial charge in [-0.15, -0.1) is 5.10 Å². The highest BCUT2D eigenvalue weighted by molar-refractivity contribution is 5.33. The number of aryl methyl sites for hydroxylation is 1. The van der Waals surface area contributed by atoms with Gasteiger partial charge in [0.05, 0.1) is 5.69 Å². The van der Waals surface area contributed by atoms with Crippen molar-refractivity contribution in [1.82, 2.24) is 15.1 Å². The molecule has 0 atom stereocenters. The monoisotopic (exact) mass is 208 g/mol. The number of rotatable bonds is 4. The van der Waals surface area contributed by atoms with Gasteiger partial charge in [-0.25, -0.2) is 0 Å². The summed E-state index contributed by atoms with van der Waals surface area (Å²) >= 11 is 0. The summed E-state index contributed by atoms with van der Waals surface area (Å²) in [5.41, 5.74) is 1.04. The minimum atomic E-state index is 0.104. The van der Waals surface area contributed by atoms with E-state index in [4.69, 9.17) is 0 Å². The molecule has 1 aromatic rings. The lowest BCUT2D eigenvalue weighted by molar-refractivity contribution is 0.210. The molecule has 1 aromatic heterocycles. The van der Waals surface area contributed by atoms with E-state index in [9.17, 15) is 0 Å². The molecule has 0 saturated heterocycles. The van der Waals surface area contributed by atoms with E-state index in [1.807, 2.05) is 19.1 Å². The van der Waals surface area contributed by atoms with Crippen molar-refractivity contribution in [2.24, 2.45) is 0 Å². The van der Waals surface area contributed by atoms with E-state index in [1.54, 1.807) is 0 Å². The van der Waals surface area contributed by atoms with Crippen molar-refractivity contribution in [1.29, 1.82) is 0 Å². The zero-order valence-electron chi connectivity index (χ0n) is 10.2. The van der Waals surface area contributed by atoms with E-state index < -0.39 is 0 Å². The van der Waals surface area contributed by atoms with Crippen molar-refractivity contribution >= 4 is 5.82 Å². The first-order chi connectivity index (χ1) is 6.92. The molecule has 0 radical (unpaired) electrons. The first-order valence-corrected chi connectivity index (χ1v) is 5.13. The second-order valence-corrected chi connectivity index (χ2v) is 4.62. The normalized spacial score (nSPS) is 11.9. The van der Waals surface area contributed by atoms with Gasteiger partial charge in [-0.05, 0) is 47.0 Å². The number of hydrogen-bond donors (Lipinski definition) is 1. The van der Waals surface area contributed by atoms with E-state index in [0.717, 1.165) is 18.1 Å². The van der Waals surface area contributed by atoms with Crippen LogP contribution in [0.3, 0.4) is 0 Å². The highest BCUT2D eigenvalue weighted by Crippen LogP contribution is 2.11. The molecule has 4 nitrogen and oxygen atoms in total. The molecule has 0 unspecified atom stereocenters. The van der Waals surface area contributed by atoms with Crippen LogP contribution in [-0.2, 0) is 0 Å². The Morgan fingerprint density at radius 3 is 2.40 bits per heavy atom. The number of nitrogens with zero attached hydrogens (tertiary/aromatic N) is 3. The SMILES string of the molecule is Cc1ccc(NCC(C)(C)N(C)C)nn1. The van der Waals surface area contributed by atoms with Crippen LogP contribution in [0.25, 0.3) is 0 Å². The Morgan fingerprint density at radius 1 is 1.27 bits per heavy atom. The van der Waals surface area contributed by atoms with Gasteiger partial charge in [-0.1, -0.05) is 0 Å². The molecular weight excluding hydrogens is 188 g/mol. The van der Waals surface area contributed by atoms with E-state index in [0.29, 0.717) is 0 Å². The second-order valence-electron chi connectivity index (χ2n) is 4.62. The molecule has 1 N–H and O–H groups in total. The lowest BCUT2D eigenvalue weighted by Gasteiger charge is -2.32. The summed E-state index contributed by atoms with van der Waals surface area (Å²) in [4.78, 5) is 2.18. The summed E-state index contributed by atoms with van der Waals surface area (Å²) in [5.74, 6) is 0.829. The van der Waals surface area contributed by atoms with Gasteiger partial charge in [-0.2, -0.15) is 5.10 Å². The smallest absolute Gasteiger partial charge is 0.148 e. The first-order valence-electron chi connectivity index (χ1n) is 5.13. The summed E-state index contributed by atoms with van der Waals surface area (Å²) in [6, 6.07) is 3.91. The highest BCUT2D eigenvalue weighted by atomic mass is 15.2. The van der Waals surface area contributed by atoms with Gasteiger partial charge in [0.15, 0.2) is 0 Å². The van der Waals surface area contributed by atoms with Crippen LogP contribution >= 0.6 is 0 Å². The van der Waals surface area contributed by atoms with Crippen molar-refractivity contribution in [3.8, 4) is 0 Å². The summed E-state index contributed by atoms with van der Waals surface area (Å²) < 4.78 is 0. The topological polar surface area (TPSA) is 41.0 Å². The number of likely N-dealkylation sites (N-methyl/N-ethyl adjacent to an activating group) is 1. The summed E-state index contributed by atoms with van der Waals surface area (Å²) in [7, 11) is 4.14. The summed E-state index contributed by atoms with van der Waals surface area (Å²) in [6.07, 6.45) is 0. The van der Waals surface area contributed by atoms with Gasteiger partial charge in [0, 0.05) is 12.1 Å². The van der Waals surface area contributed by atoms with Crippen molar-refractivity contribution in [2.75, 3.05) is 26.0 Å². The lowest BCUT2D eigenvalue weighted by Crippen LogP contribution is -2.44. The molecule has 1 heterocycles. The van der Waals surface area contributed by atoms with Crippen molar-refractivity contribution in [3.63, 3.8) is 0 Å². The fraction of sp³-hybridized carbons (Fsp3) is 0.636.